The molecule has 15 heavy (non-hydrogen) atoms. The van der Waals surface area contributed by atoms with Crippen LogP contribution in [-0.2, 0) is 6.54 Å². The van der Waals surface area contributed by atoms with E-state index in [1.165, 1.54) is 18.9 Å². The lowest BCUT2D eigenvalue weighted by Crippen LogP contribution is -2.21. The molecular formula is C12H15ClFN. The molecule has 1 saturated carbocycles. The summed E-state index contributed by atoms with van der Waals surface area (Å²) in [5.41, 5.74) is 1.44. The van der Waals surface area contributed by atoms with Gasteiger partial charge in [-0.1, -0.05) is 24.6 Å². The van der Waals surface area contributed by atoms with Crippen molar-refractivity contribution in [3.05, 3.63) is 34.6 Å². The number of nitrogens with one attached hydrogen (secondary N) is 1. The van der Waals surface area contributed by atoms with Crippen LogP contribution in [0.25, 0.3) is 0 Å². The lowest BCUT2D eigenvalue weighted by molar-refractivity contribution is 0.498. The minimum absolute atomic E-state index is 0.188. The highest BCUT2D eigenvalue weighted by Gasteiger charge is 2.36. The topological polar surface area (TPSA) is 12.0 Å². The summed E-state index contributed by atoms with van der Waals surface area (Å²) in [7, 11) is 0. The summed E-state index contributed by atoms with van der Waals surface area (Å²) >= 11 is 5.60. The van der Waals surface area contributed by atoms with E-state index < -0.39 is 0 Å². The first-order valence-electron chi connectivity index (χ1n) is 5.24. The lowest BCUT2D eigenvalue weighted by atomic mass is 10.1. The van der Waals surface area contributed by atoms with E-state index in [1.807, 2.05) is 6.07 Å². The Bertz CT molecular complexity index is 361. The fourth-order valence-electron chi connectivity index (χ4n) is 1.55. The van der Waals surface area contributed by atoms with Gasteiger partial charge in [0.25, 0.3) is 0 Å². The molecule has 82 valence electrons. The van der Waals surface area contributed by atoms with Gasteiger partial charge in [-0.25, -0.2) is 4.39 Å². The Hall–Kier alpha value is -0.600. The van der Waals surface area contributed by atoms with Crippen molar-refractivity contribution in [1.29, 1.82) is 0 Å². The average molecular weight is 228 g/mol. The Morgan fingerprint density at radius 1 is 1.47 bits per heavy atom. The van der Waals surface area contributed by atoms with E-state index in [0.717, 1.165) is 12.1 Å². The second-order valence-corrected chi connectivity index (χ2v) is 5.07. The second kappa shape index (κ2) is 4.11. The highest BCUT2D eigenvalue weighted by Crippen LogP contribution is 2.44. The quantitative estimate of drug-likeness (QED) is 0.832. The molecule has 0 saturated heterocycles. The lowest BCUT2D eigenvalue weighted by Gasteiger charge is -2.10. The molecule has 0 bridgehead atoms. The third-order valence-electron chi connectivity index (χ3n) is 2.97. The van der Waals surface area contributed by atoms with E-state index in [4.69, 9.17) is 11.6 Å². The van der Waals surface area contributed by atoms with Crippen molar-refractivity contribution in [3.8, 4) is 0 Å². The minimum Gasteiger partial charge on any atom is -0.312 e. The molecular weight excluding hydrogens is 213 g/mol. The van der Waals surface area contributed by atoms with E-state index in [-0.39, 0.29) is 10.8 Å². The minimum atomic E-state index is -0.339. The number of hydrogen-bond acceptors (Lipinski definition) is 1. The van der Waals surface area contributed by atoms with E-state index in [1.54, 1.807) is 6.07 Å². The van der Waals surface area contributed by atoms with Gasteiger partial charge >= 0.3 is 0 Å². The van der Waals surface area contributed by atoms with Crippen LogP contribution >= 0.6 is 11.6 Å². The Morgan fingerprint density at radius 3 is 2.80 bits per heavy atom. The molecule has 0 amide bonds. The van der Waals surface area contributed by atoms with Crippen LogP contribution in [0.1, 0.15) is 25.3 Å². The summed E-state index contributed by atoms with van der Waals surface area (Å²) in [6, 6.07) is 4.95. The Balaban J connectivity index is 1.85. The van der Waals surface area contributed by atoms with Crippen molar-refractivity contribution >= 4 is 11.6 Å². The fraction of sp³-hybridized carbons (Fsp3) is 0.500. The van der Waals surface area contributed by atoms with Gasteiger partial charge in [0, 0.05) is 13.1 Å². The van der Waals surface area contributed by atoms with Crippen molar-refractivity contribution in [2.24, 2.45) is 5.41 Å². The molecule has 1 N–H and O–H groups in total. The van der Waals surface area contributed by atoms with E-state index in [2.05, 4.69) is 12.2 Å². The van der Waals surface area contributed by atoms with E-state index in [9.17, 15) is 4.39 Å². The van der Waals surface area contributed by atoms with Crippen LogP contribution < -0.4 is 5.32 Å². The summed E-state index contributed by atoms with van der Waals surface area (Å²) in [6.45, 7) is 3.99. The first-order chi connectivity index (χ1) is 7.09. The summed E-state index contributed by atoms with van der Waals surface area (Å²) in [5, 5.41) is 3.53. The van der Waals surface area contributed by atoms with Crippen LogP contribution in [0, 0.1) is 11.2 Å². The standard InChI is InChI=1S/C12H15ClFN/c1-12(4-5-12)8-15-7-9-2-3-10(13)11(14)6-9/h2-3,6,15H,4-5,7-8H2,1H3. The maximum atomic E-state index is 13.1. The van der Waals surface area contributed by atoms with Gasteiger partial charge in [0.05, 0.1) is 5.02 Å². The van der Waals surface area contributed by atoms with Crippen LogP contribution in [-0.4, -0.2) is 6.54 Å². The zero-order valence-electron chi connectivity index (χ0n) is 8.82. The number of hydrogen-bond donors (Lipinski definition) is 1. The smallest absolute Gasteiger partial charge is 0.142 e. The number of rotatable bonds is 4. The maximum Gasteiger partial charge on any atom is 0.142 e. The third-order valence-corrected chi connectivity index (χ3v) is 3.27. The van der Waals surface area contributed by atoms with Gasteiger partial charge in [-0.15, -0.1) is 0 Å². The average Bonchev–Trinajstić information content (AvgIpc) is 2.90. The van der Waals surface area contributed by atoms with Crippen molar-refractivity contribution in [2.45, 2.75) is 26.3 Å². The van der Waals surface area contributed by atoms with Crippen molar-refractivity contribution < 1.29 is 4.39 Å². The predicted octanol–water partition coefficient (Wildman–Crippen LogP) is 3.37. The molecule has 0 radical (unpaired) electrons. The SMILES string of the molecule is CC1(CNCc2ccc(Cl)c(F)c2)CC1. The number of benzene rings is 1. The zero-order chi connectivity index (χ0) is 10.9. The van der Waals surface area contributed by atoms with Gasteiger partial charge in [-0.05, 0) is 36.0 Å². The molecule has 1 aliphatic carbocycles. The molecule has 1 aromatic carbocycles. The Kier molecular flexibility index (Phi) is 2.98. The van der Waals surface area contributed by atoms with Gasteiger partial charge in [-0.3, -0.25) is 0 Å². The molecule has 1 aliphatic rings. The van der Waals surface area contributed by atoms with E-state index >= 15 is 0 Å². The maximum absolute atomic E-state index is 13.1. The Morgan fingerprint density at radius 2 is 2.20 bits per heavy atom. The molecule has 2 rings (SSSR count). The summed E-state index contributed by atoms with van der Waals surface area (Å²) < 4.78 is 13.1. The first-order valence-corrected chi connectivity index (χ1v) is 5.62. The van der Waals surface area contributed by atoms with Gasteiger partial charge in [-0.2, -0.15) is 0 Å². The summed E-state index contributed by atoms with van der Waals surface area (Å²) in [5.74, 6) is -0.339. The fourth-order valence-corrected chi connectivity index (χ4v) is 1.67. The first kappa shape index (κ1) is 10.9. The monoisotopic (exact) mass is 227 g/mol. The molecule has 0 aliphatic heterocycles. The number of halogens is 2. The molecule has 0 atom stereocenters. The zero-order valence-corrected chi connectivity index (χ0v) is 9.57. The highest BCUT2D eigenvalue weighted by atomic mass is 35.5. The molecule has 0 unspecified atom stereocenters. The van der Waals surface area contributed by atoms with Crippen LogP contribution in [0.15, 0.2) is 18.2 Å². The van der Waals surface area contributed by atoms with E-state index in [0.29, 0.717) is 12.0 Å². The largest absolute Gasteiger partial charge is 0.312 e. The molecule has 1 aromatic rings. The van der Waals surface area contributed by atoms with Crippen LogP contribution in [0.4, 0.5) is 4.39 Å². The van der Waals surface area contributed by atoms with Crippen molar-refractivity contribution in [2.75, 3.05) is 6.54 Å². The molecule has 1 fully saturated rings. The normalized spacial score (nSPS) is 17.8. The predicted molar refractivity (Wildman–Crippen MR) is 60.5 cm³/mol. The van der Waals surface area contributed by atoms with Gasteiger partial charge in [0.2, 0.25) is 0 Å². The molecule has 0 spiro atoms. The molecule has 1 nitrogen and oxygen atoms in total. The van der Waals surface area contributed by atoms with Crippen molar-refractivity contribution in [1.82, 2.24) is 5.32 Å². The van der Waals surface area contributed by atoms with Gasteiger partial charge < -0.3 is 5.32 Å². The molecule has 0 aromatic heterocycles. The van der Waals surface area contributed by atoms with Crippen LogP contribution in [0.5, 0.6) is 0 Å². The molecule has 0 heterocycles. The Labute approximate surface area is 94.6 Å². The third kappa shape index (κ3) is 2.93. The van der Waals surface area contributed by atoms with Gasteiger partial charge in [0.15, 0.2) is 0 Å². The summed E-state index contributed by atoms with van der Waals surface area (Å²) in [4.78, 5) is 0. The highest BCUT2D eigenvalue weighted by molar-refractivity contribution is 6.30. The summed E-state index contributed by atoms with van der Waals surface area (Å²) in [6.07, 6.45) is 2.60. The van der Waals surface area contributed by atoms with Crippen molar-refractivity contribution in [3.63, 3.8) is 0 Å². The van der Waals surface area contributed by atoms with Crippen LogP contribution in [0.3, 0.4) is 0 Å². The van der Waals surface area contributed by atoms with Crippen LogP contribution in [0.2, 0.25) is 5.02 Å². The second-order valence-electron chi connectivity index (χ2n) is 4.66. The van der Waals surface area contributed by atoms with Gasteiger partial charge in [0.1, 0.15) is 5.82 Å². The molecule has 3 heteroatoms.